The molecule has 0 bridgehead atoms. The Morgan fingerprint density at radius 1 is 1.09 bits per heavy atom. The summed E-state index contributed by atoms with van der Waals surface area (Å²) in [5.74, 6) is 1.07. The fourth-order valence-electron chi connectivity index (χ4n) is 6.00. The molecule has 6 nitrogen and oxygen atoms in total. The lowest BCUT2D eigenvalue weighted by atomic mass is 9.87. The van der Waals surface area contributed by atoms with Crippen LogP contribution in [0.5, 0.6) is 0 Å². The summed E-state index contributed by atoms with van der Waals surface area (Å²) in [4.78, 5) is 25.1. The quantitative estimate of drug-likeness (QED) is 0.560. The highest BCUT2D eigenvalue weighted by Gasteiger charge is 2.28. The molecule has 0 unspecified atom stereocenters. The number of nitrogens with zero attached hydrogens (tertiary/aromatic N) is 3. The summed E-state index contributed by atoms with van der Waals surface area (Å²) in [6.07, 6.45) is 2.49. The minimum Gasteiger partial charge on any atom is -0.392 e. The molecule has 4 heterocycles. The number of rotatable bonds is 5. The van der Waals surface area contributed by atoms with Crippen molar-refractivity contribution in [3.05, 3.63) is 52.8 Å². The summed E-state index contributed by atoms with van der Waals surface area (Å²) < 4.78 is 0. The van der Waals surface area contributed by atoms with Gasteiger partial charge in [0.1, 0.15) is 0 Å². The second kappa shape index (κ2) is 9.75. The fourth-order valence-corrected chi connectivity index (χ4v) is 6.00. The van der Waals surface area contributed by atoms with Crippen LogP contribution in [0.2, 0.25) is 0 Å². The van der Waals surface area contributed by atoms with Gasteiger partial charge < -0.3 is 15.0 Å². The van der Waals surface area contributed by atoms with Crippen molar-refractivity contribution in [2.24, 2.45) is 0 Å². The fraction of sp³-hybridized carbons (Fsp3) is 0.517. The van der Waals surface area contributed by atoms with Crippen molar-refractivity contribution in [2.45, 2.75) is 64.9 Å². The topological polar surface area (TPSA) is 72.5 Å². The molecular weight excluding hydrogens is 436 g/mol. The number of hydrogen-bond donors (Lipinski definition) is 2. The van der Waals surface area contributed by atoms with E-state index in [1.807, 2.05) is 4.90 Å². The molecule has 3 aromatic rings. The van der Waals surface area contributed by atoms with E-state index in [0.29, 0.717) is 24.9 Å². The molecule has 0 aliphatic carbocycles. The maximum atomic E-state index is 12.8. The maximum Gasteiger partial charge on any atom is 0.236 e. The number of aromatic amines is 1. The molecule has 5 rings (SSSR count). The summed E-state index contributed by atoms with van der Waals surface area (Å²) in [5.41, 5.74) is 8.41. The number of likely N-dealkylation sites (tertiary alicyclic amines) is 2. The van der Waals surface area contributed by atoms with Crippen LogP contribution < -0.4 is 0 Å². The number of H-pyrrole nitrogens is 1. The molecule has 2 aliphatic rings. The van der Waals surface area contributed by atoms with E-state index < -0.39 is 0 Å². The van der Waals surface area contributed by atoms with Gasteiger partial charge in [-0.15, -0.1) is 0 Å². The predicted octanol–water partition coefficient (Wildman–Crippen LogP) is 4.74. The highest BCUT2D eigenvalue weighted by Crippen LogP contribution is 2.38. The van der Waals surface area contributed by atoms with Gasteiger partial charge in [-0.25, -0.2) is 0 Å². The lowest BCUT2D eigenvalue weighted by Gasteiger charge is -2.33. The Kier molecular flexibility index (Phi) is 6.69. The van der Waals surface area contributed by atoms with Gasteiger partial charge in [-0.05, 0) is 80.3 Å². The Morgan fingerprint density at radius 2 is 1.80 bits per heavy atom. The van der Waals surface area contributed by atoms with E-state index in [4.69, 9.17) is 0 Å². The van der Waals surface area contributed by atoms with Crippen molar-refractivity contribution >= 4 is 16.8 Å². The minimum absolute atomic E-state index is 0.202. The molecule has 0 saturated carbocycles. The molecule has 0 radical (unpaired) electrons. The zero-order valence-electron chi connectivity index (χ0n) is 21.5. The van der Waals surface area contributed by atoms with Gasteiger partial charge in [0.05, 0.1) is 18.3 Å². The smallest absolute Gasteiger partial charge is 0.236 e. The van der Waals surface area contributed by atoms with Gasteiger partial charge in [-0.1, -0.05) is 19.9 Å². The first-order valence-corrected chi connectivity index (χ1v) is 13.1. The lowest BCUT2D eigenvalue weighted by molar-refractivity contribution is -0.133. The summed E-state index contributed by atoms with van der Waals surface area (Å²) in [6.45, 7) is 12.1. The number of fused-ring (bicyclic) bond motifs is 1. The predicted molar refractivity (Wildman–Crippen MR) is 141 cm³/mol. The number of amides is 1. The number of aryl methyl sites for hydroxylation is 2. The molecule has 2 fully saturated rings. The number of aromatic nitrogens is 2. The summed E-state index contributed by atoms with van der Waals surface area (Å²) >= 11 is 0. The standard InChI is InChI=1S/C29H38N4O2/c1-18(2)28-25-15-22(5-6-26(25)31-29(28)23-13-19(3)30-20(4)14-23)21-7-11-33(12-8-21)27(35)17-32-10-9-24(34)16-32/h5-6,13-15,18,21,24,31,34H,7-12,16-17H2,1-4H3/t24-/m1/s1. The van der Waals surface area contributed by atoms with E-state index in [-0.39, 0.29) is 12.0 Å². The minimum atomic E-state index is -0.278. The number of aliphatic hydroxyl groups excluding tert-OH is 1. The number of β-amino-alcohol motifs (C(OH)–C–C–N with tert-alkyl or cyclic N) is 1. The number of aliphatic hydroxyl groups is 1. The first kappa shape index (κ1) is 24.0. The van der Waals surface area contributed by atoms with Crippen molar-refractivity contribution in [1.82, 2.24) is 19.8 Å². The van der Waals surface area contributed by atoms with Crippen LogP contribution in [0.3, 0.4) is 0 Å². The van der Waals surface area contributed by atoms with Gasteiger partial charge in [0, 0.05) is 54.0 Å². The first-order chi connectivity index (χ1) is 16.8. The van der Waals surface area contributed by atoms with Gasteiger partial charge in [-0.2, -0.15) is 0 Å². The molecule has 1 amide bonds. The average Bonchev–Trinajstić information content (AvgIpc) is 3.41. The molecule has 2 saturated heterocycles. The third-order valence-corrected chi connectivity index (χ3v) is 7.74. The van der Waals surface area contributed by atoms with Crippen molar-refractivity contribution < 1.29 is 9.90 Å². The van der Waals surface area contributed by atoms with Crippen LogP contribution in [0, 0.1) is 13.8 Å². The average molecular weight is 475 g/mol. The molecule has 2 aromatic heterocycles. The molecule has 1 atom stereocenters. The second-order valence-corrected chi connectivity index (χ2v) is 10.8. The van der Waals surface area contributed by atoms with E-state index in [2.05, 4.69) is 72.9 Å². The summed E-state index contributed by atoms with van der Waals surface area (Å²) in [7, 11) is 0. The highest BCUT2D eigenvalue weighted by molar-refractivity contribution is 5.92. The normalized spacial score (nSPS) is 19.8. The molecule has 6 heteroatoms. The Bertz CT molecular complexity index is 1200. The zero-order chi connectivity index (χ0) is 24.7. The molecule has 2 N–H and O–H groups in total. The van der Waals surface area contributed by atoms with Gasteiger partial charge >= 0.3 is 0 Å². The van der Waals surface area contributed by atoms with Crippen LogP contribution in [-0.2, 0) is 4.79 Å². The van der Waals surface area contributed by atoms with Gasteiger partial charge in [-0.3, -0.25) is 14.7 Å². The van der Waals surface area contributed by atoms with Crippen molar-refractivity contribution in [1.29, 1.82) is 0 Å². The van der Waals surface area contributed by atoms with E-state index in [1.54, 1.807) is 0 Å². The Labute approximate surface area is 208 Å². The van der Waals surface area contributed by atoms with E-state index >= 15 is 0 Å². The molecule has 35 heavy (non-hydrogen) atoms. The number of benzene rings is 1. The molecule has 1 aromatic carbocycles. The third-order valence-electron chi connectivity index (χ3n) is 7.74. The van der Waals surface area contributed by atoms with Crippen molar-refractivity contribution in [3.63, 3.8) is 0 Å². The maximum absolute atomic E-state index is 12.8. The van der Waals surface area contributed by atoms with E-state index in [1.165, 1.54) is 33.3 Å². The zero-order valence-corrected chi connectivity index (χ0v) is 21.5. The Balaban J connectivity index is 1.34. The number of carbonyl (C=O) groups excluding carboxylic acids is 1. The third kappa shape index (κ3) is 5.00. The van der Waals surface area contributed by atoms with Crippen LogP contribution in [0.15, 0.2) is 30.3 Å². The monoisotopic (exact) mass is 474 g/mol. The Morgan fingerprint density at radius 3 is 2.43 bits per heavy atom. The number of piperidine rings is 1. The van der Waals surface area contributed by atoms with Gasteiger partial charge in [0.25, 0.3) is 0 Å². The SMILES string of the molecule is Cc1cc(-c2[nH]c3ccc(C4CCN(C(=O)CN5CC[C@@H](O)C5)CC4)cc3c2C(C)C)cc(C)n1. The summed E-state index contributed by atoms with van der Waals surface area (Å²) in [5, 5.41) is 11.0. The molecular formula is C29H38N4O2. The first-order valence-electron chi connectivity index (χ1n) is 13.1. The van der Waals surface area contributed by atoms with Crippen LogP contribution >= 0.6 is 0 Å². The van der Waals surface area contributed by atoms with E-state index in [0.717, 1.165) is 50.3 Å². The van der Waals surface area contributed by atoms with Crippen LogP contribution in [0.25, 0.3) is 22.2 Å². The highest BCUT2D eigenvalue weighted by atomic mass is 16.3. The summed E-state index contributed by atoms with van der Waals surface area (Å²) in [6, 6.07) is 11.2. The molecule has 2 aliphatic heterocycles. The second-order valence-electron chi connectivity index (χ2n) is 10.8. The van der Waals surface area contributed by atoms with Crippen LogP contribution in [0.4, 0.5) is 0 Å². The lowest BCUT2D eigenvalue weighted by Crippen LogP contribution is -2.43. The Hall–Kier alpha value is -2.70. The molecule has 186 valence electrons. The van der Waals surface area contributed by atoms with Crippen LogP contribution in [0.1, 0.15) is 67.5 Å². The number of pyridine rings is 1. The van der Waals surface area contributed by atoms with Crippen LogP contribution in [-0.4, -0.2) is 69.6 Å². The van der Waals surface area contributed by atoms with Gasteiger partial charge in [0.15, 0.2) is 0 Å². The van der Waals surface area contributed by atoms with Crippen molar-refractivity contribution in [2.75, 3.05) is 32.7 Å². The van der Waals surface area contributed by atoms with Gasteiger partial charge in [0.2, 0.25) is 5.91 Å². The number of carbonyl (C=O) groups is 1. The number of hydrogen-bond acceptors (Lipinski definition) is 4. The number of nitrogens with one attached hydrogen (secondary N) is 1. The molecule has 0 spiro atoms. The van der Waals surface area contributed by atoms with Crippen molar-refractivity contribution in [3.8, 4) is 11.3 Å². The van der Waals surface area contributed by atoms with E-state index in [9.17, 15) is 9.90 Å². The largest absolute Gasteiger partial charge is 0.392 e.